The molecule has 1 aliphatic carbocycles. The number of aliphatic hydroxyl groups is 1. The normalized spacial score (nSPS) is 20.7. The van der Waals surface area contributed by atoms with Gasteiger partial charge in [0.2, 0.25) is 5.88 Å². The van der Waals surface area contributed by atoms with Crippen molar-refractivity contribution in [1.82, 2.24) is 9.97 Å². The number of anilines is 2. The molecule has 25 heavy (non-hydrogen) atoms. The van der Waals surface area contributed by atoms with Crippen LogP contribution in [0.15, 0.2) is 5.16 Å². The van der Waals surface area contributed by atoms with Gasteiger partial charge in [0.05, 0.1) is 6.10 Å². The molecule has 0 aliphatic heterocycles. The molecule has 1 saturated carbocycles. The maximum Gasteiger partial charge on any atom is 0.422 e. The third-order valence-corrected chi connectivity index (χ3v) is 4.75. The molecular weight excluding hydrogens is 359 g/mol. The van der Waals surface area contributed by atoms with Crippen LogP contribution in [0.25, 0.3) is 0 Å². The Bertz CT molecular complexity index is 590. The highest BCUT2D eigenvalue weighted by Crippen LogP contribution is 2.35. The van der Waals surface area contributed by atoms with E-state index < -0.39 is 18.9 Å². The zero-order chi connectivity index (χ0) is 18.6. The Balaban J connectivity index is 2.29. The molecule has 0 radical (unpaired) electrons. The molecule has 1 aromatic heterocycles. The lowest BCUT2D eigenvalue weighted by Crippen LogP contribution is -2.41. The topological polar surface area (TPSA) is 111 Å². The van der Waals surface area contributed by atoms with Gasteiger partial charge in [-0.05, 0) is 25.7 Å². The van der Waals surface area contributed by atoms with Crippen molar-refractivity contribution in [2.75, 3.05) is 23.1 Å². The van der Waals surface area contributed by atoms with Crippen LogP contribution in [0.2, 0.25) is 0 Å². The zero-order valence-electron chi connectivity index (χ0n) is 13.8. The van der Waals surface area contributed by atoms with Crippen molar-refractivity contribution in [2.24, 2.45) is 5.84 Å². The van der Waals surface area contributed by atoms with E-state index in [0.29, 0.717) is 25.0 Å². The summed E-state index contributed by atoms with van der Waals surface area (Å²) in [5.74, 6) is 6.54. The number of thioether (sulfide) groups is 1. The minimum absolute atomic E-state index is 0.116. The quantitative estimate of drug-likeness (QED) is 0.285. The minimum Gasteiger partial charge on any atom is -0.466 e. The maximum atomic E-state index is 12.4. The van der Waals surface area contributed by atoms with E-state index in [4.69, 9.17) is 16.3 Å². The summed E-state index contributed by atoms with van der Waals surface area (Å²) >= 11 is 1.28. The van der Waals surface area contributed by atoms with Crippen LogP contribution in [-0.4, -0.2) is 45.8 Å². The van der Waals surface area contributed by atoms with Gasteiger partial charge >= 0.3 is 6.18 Å². The van der Waals surface area contributed by atoms with E-state index >= 15 is 0 Å². The molecule has 0 aromatic carbocycles. The molecular formula is C14H22F3N5O2S. The average molecular weight is 381 g/mol. The molecule has 1 aromatic rings. The predicted molar refractivity (Wildman–Crippen MR) is 89.3 cm³/mol. The van der Waals surface area contributed by atoms with E-state index in [9.17, 15) is 18.3 Å². The van der Waals surface area contributed by atoms with Crippen molar-refractivity contribution in [3.05, 3.63) is 0 Å². The number of hydrogen-bond donors (Lipinski definition) is 3. The monoisotopic (exact) mass is 381 g/mol. The number of hydrogen-bond acceptors (Lipinski definition) is 8. The van der Waals surface area contributed by atoms with Gasteiger partial charge in [-0.3, -0.25) is 5.01 Å². The second kappa shape index (κ2) is 8.28. The molecule has 2 rings (SSSR count). The first-order valence-corrected chi connectivity index (χ1v) is 8.91. The van der Waals surface area contributed by atoms with Crippen molar-refractivity contribution < 1.29 is 23.0 Å². The van der Waals surface area contributed by atoms with Crippen LogP contribution in [0.1, 0.15) is 32.6 Å². The summed E-state index contributed by atoms with van der Waals surface area (Å²) in [6, 6.07) is -0.202. The number of ether oxygens (including phenoxy) is 1. The summed E-state index contributed by atoms with van der Waals surface area (Å²) in [5, 5.41) is 11.2. The number of nitrogens with two attached hydrogens (primary N) is 2. The lowest BCUT2D eigenvalue weighted by molar-refractivity contribution is -0.154. The second-order valence-corrected chi connectivity index (χ2v) is 6.89. The Hall–Kier alpha value is -1.46. The van der Waals surface area contributed by atoms with Crippen LogP contribution < -0.4 is 21.3 Å². The fourth-order valence-corrected chi connectivity index (χ4v) is 3.18. The first-order chi connectivity index (χ1) is 11.7. The van der Waals surface area contributed by atoms with Gasteiger partial charge in [-0.15, -0.1) is 0 Å². The lowest BCUT2D eigenvalue weighted by atomic mass is 10.2. The van der Waals surface area contributed by atoms with Gasteiger partial charge in [-0.2, -0.15) is 18.2 Å². The van der Waals surface area contributed by atoms with Gasteiger partial charge in [-0.25, -0.2) is 10.8 Å². The lowest BCUT2D eigenvalue weighted by Gasteiger charge is -2.26. The Morgan fingerprint density at radius 3 is 2.64 bits per heavy atom. The van der Waals surface area contributed by atoms with Gasteiger partial charge in [0.15, 0.2) is 17.6 Å². The summed E-state index contributed by atoms with van der Waals surface area (Å²) in [7, 11) is 0. The minimum atomic E-state index is -4.51. The van der Waals surface area contributed by atoms with Crippen LogP contribution >= 0.6 is 11.8 Å². The Morgan fingerprint density at radius 1 is 1.36 bits per heavy atom. The summed E-state index contributed by atoms with van der Waals surface area (Å²) in [4.78, 5) is 8.24. The van der Waals surface area contributed by atoms with Crippen LogP contribution in [0.5, 0.6) is 5.88 Å². The fraction of sp³-hybridized carbons (Fsp3) is 0.714. The highest BCUT2D eigenvalue weighted by molar-refractivity contribution is 7.99. The van der Waals surface area contributed by atoms with Gasteiger partial charge in [0.1, 0.15) is 5.69 Å². The third-order valence-electron chi connectivity index (χ3n) is 3.69. The smallest absolute Gasteiger partial charge is 0.422 e. The number of aliphatic hydroxyl groups excluding tert-OH is 1. The molecule has 1 aliphatic rings. The highest BCUT2D eigenvalue weighted by atomic mass is 32.2. The van der Waals surface area contributed by atoms with Crippen LogP contribution in [0.3, 0.4) is 0 Å². The third kappa shape index (κ3) is 5.51. The largest absolute Gasteiger partial charge is 0.466 e. The molecule has 0 amide bonds. The molecule has 1 fully saturated rings. The number of alkyl halides is 3. The van der Waals surface area contributed by atoms with Crippen LogP contribution in [0.4, 0.5) is 24.7 Å². The van der Waals surface area contributed by atoms with Gasteiger partial charge in [0.25, 0.3) is 0 Å². The van der Waals surface area contributed by atoms with E-state index in [1.165, 1.54) is 16.8 Å². The van der Waals surface area contributed by atoms with Crippen molar-refractivity contribution >= 4 is 23.3 Å². The molecule has 0 saturated heterocycles. The van der Waals surface area contributed by atoms with Crippen molar-refractivity contribution in [1.29, 1.82) is 0 Å². The molecule has 2 atom stereocenters. The first-order valence-electron chi connectivity index (χ1n) is 7.93. The van der Waals surface area contributed by atoms with Crippen molar-refractivity contribution in [3.8, 4) is 5.88 Å². The van der Waals surface area contributed by atoms with Crippen molar-refractivity contribution in [2.45, 2.75) is 56.1 Å². The molecule has 7 nitrogen and oxygen atoms in total. The molecule has 2 unspecified atom stereocenters. The zero-order valence-corrected chi connectivity index (χ0v) is 14.6. The number of rotatable bonds is 7. The van der Waals surface area contributed by atoms with Gasteiger partial charge in [0, 0.05) is 11.8 Å². The van der Waals surface area contributed by atoms with E-state index in [2.05, 4.69) is 9.97 Å². The van der Waals surface area contributed by atoms with Crippen molar-refractivity contribution in [3.63, 3.8) is 0 Å². The maximum absolute atomic E-state index is 12.4. The summed E-state index contributed by atoms with van der Waals surface area (Å²) < 4.78 is 42.1. The Labute approximate surface area is 147 Å². The van der Waals surface area contributed by atoms with Gasteiger partial charge < -0.3 is 15.6 Å². The molecule has 142 valence electrons. The van der Waals surface area contributed by atoms with Crippen LogP contribution in [-0.2, 0) is 0 Å². The van der Waals surface area contributed by atoms with E-state index in [-0.39, 0.29) is 28.6 Å². The molecule has 0 bridgehead atoms. The van der Waals surface area contributed by atoms with E-state index in [1.807, 2.05) is 6.92 Å². The molecule has 0 spiro atoms. The number of nitrogen functional groups attached to an aromatic ring is 1. The summed E-state index contributed by atoms with van der Waals surface area (Å²) in [6.07, 6.45) is -2.46. The molecule has 5 N–H and O–H groups in total. The van der Waals surface area contributed by atoms with E-state index in [0.717, 1.165) is 6.42 Å². The predicted octanol–water partition coefficient (Wildman–Crippen LogP) is 2.10. The summed E-state index contributed by atoms with van der Waals surface area (Å²) in [6.45, 7) is 0.458. The second-order valence-electron chi connectivity index (χ2n) is 5.83. The molecule has 11 heteroatoms. The van der Waals surface area contributed by atoms with E-state index in [1.54, 1.807) is 0 Å². The highest BCUT2D eigenvalue weighted by Gasteiger charge is 2.32. The summed E-state index contributed by atoms with van der Waals surface area (Å²) in [5.41, 5.74) is 5.76. The number of hydrazine groups is 1. The number of halogens is 3. The Morgan fingerprint density at radius 2 is 2.08 bits per heavy atom. The molecule has 1 heterocycles. The number of aromatic nitrogens is 2. The standard InChI is InChI=1S/C14H22F3N5O2S/c1-2-5-25-13-20-11(22(19)8-3-4-9(23)6-8)10(18)12(21-13)24-7-14(15,16)17/h8-9,23H,2-7,18-19H2,1H3. The number of nitrogens with zero attached hydrogens (tertiary/aromatic N) is 3. The van der Waals surface area contributed by atoms with Crippen LogP contribution in [0, 0.1) is 0 Å². The van der Waals surface area contributed by atoms with Gasteiger partial charge in [-0.1, -0.05) is 18.7 Å². The Kier molecular flexibility index (Phi) is 6.58. The SMILES string of the molecule is CCCSc1nc(OCC(F)(F)F)c(N)c(N(N)C2CCC(O)C2)n1. The fourth-order valence-electron chi connectivity index (χ4n) is 2.49. The first kappa shape index (κ1) is 19.9. The average Bonchev–Trinajstić information content (AvgIpc) is 2.97.